The number of ether oxygens (including phenoxy) is 2. The molecule has 1 aliphatic heterocycles. The topological polar surface area (TPSA) is 183 Å². The summed E-state index contributed by atoms with van der Waals surface area (Å²) in [5, 5.41) is 57.0. The highest BCUT2D eigenvalue weighted by Crippen LogP contribution is 2.23. The lowest BCUT2D eigenvalue weighted by Gasteiger charge is -2.42. The van der Waals surface area contributed by atoms with E-state index < -0.39 is 62.2 Å². The van der Waals surface area contributed by atoms with Crippen molar-refractivity contribution in [1.29, 1.82) is 0 Å². The summed E-state index contributed by atoms with van der Waals surface area (Å²) in [6.45, 7) is -1.37. The third kappa shape index (κ3) is 4.41. The monoisotopic (exact) mass is 325 g/mol. The Balaban J connectivity index is 2.84. The van der Waals surface area contributed by atoms with Gasteiger partial charge in [-0.05, 0) is 0 Å². The molecule has 0 saturated carbocycles. The Labute approximate surface area is 126 Å². The second-order valence-corrected chi connectivity index (χ2v) is 5.10. The Hall–Kier alpha value is -0.690. The van der Waals surface area contributed by atoms with Crippen molar-refractivity contribution in [2.24, 2.45) is 5.73 Å². The SMILES string of the molecule is N[C@H]1[C@H](O[C@H]([C@H](O)CO)[C@H](O)CC=O)O[C@H](CO)[C@@H](O)[C@@H]1O. The molecule has 0 spiro atoms. The second kappa shape index (κ2) is 8.82. The zero-order valence-corrected chi connectivity index (χ0v) is 11.8. The molecule has 1 heterocycles. The molecule has 0 amide bonds. The standard InChI is InChI=1S/C12H23NO9/c13-8-10(20)9(19)7(4-16)21-12(8)22-11(6(18)3-15)5(17)1-2-14/h2,5-12,15-20H,1,3-4,13H2/t5-,6-,7-,8-,9-,10-,11+,12+/m1/s1. The number of carbonyl (C=O) groups is 1. The first kappa shape index (κ1) is 19.4. The van der Waals surface area contributed by atoms with Gasteiger partial charge in [-0.1, -0.05) is 0 Å². The smallest absolute Gasteiger partial charge is 0.176 e. The summed E-state index contributed by atoms with van der Waals surface area (Å²) in [4.78, 5) is 10.5. The van der Waals surface area contributed by atoms with Gasteiger partial charge in [0, 0.05) is 6.42 Å². The van der Waals surface area contributed by atoms with Crippen LogP contribution >= 0.6 is 0 Å². The summed E-state index contributed by atoms with van der Waals surface area (Å²) >= 11 is 0. The lowest BCUT2D eigenvalue weighted by molar-refractivity contribution is -0.294. The molecule has 130 valence electrons. The molecule has 1 aliphatic rings. The van der Waals surface area contributed by atoms with Crippen LogP contribution in [0.15, 0.2) is 0 Å². The molecule has 1 fully saturated rings. The maximum Gasteiger partial charge on any atom is 0.176 e. The van der Waals surface area contributed by atoms with Gasteiger partial charge in [0.2, 0.25) is 0 Å². The van der Waals surface area contributed by atoms with Gasteiger partial charge in [0.15, 0.2) is 6.29 Å². The van der Waals surface area contributed by atoms with Crippen molar-refractivity contribution in [2.75, 3.05) is 13.2 Å². The number of hydrogen-bond donors (Lipinski definition) is 7. The van der Waals surface area contributed by atoms with Crippen LogP contribution in [0, 0.1) is 0 Å². The highest BCUT2D eigenvalue weighted by atomic mass is 16.7. The molecule has 1 saturated heterocycles. The minimum Gasteiger partial charge on any atom is -0.394 e. The van der Waals surface area contributed by atoms with Crippen molar-refractivity contribution >= 4 is 6.29 Å². The average Bonchev–Trinajstić information content (AvgIpc) is 2.51. The van der Waals surface area contributed by atoms with E-state index in [1.54, 1.807) is 0 Å². The van der Waals surface area contributed by atoms with E-state index in [0.717, 1.165) is 0 Å². The Morgan fingerprint density at radius 1 is 1.18 bits per heavy atom. The van der Waals surface area contributed by atoms with Crippen LogP contribution in [-0.4, -0.2) is 99.1 Å². The number of aliphatic hydroxyl groups excluding tert-OH is 6. The molecule has 1 rings (SSSR count). The van der Waals surface area contributed by atoms with Gasteiger partial charge < -0.3 is 50.6 Å². The zero-order chi connectivity index (χ0) is 16.9. The molecule has 0 aliphatic carbocycles. The van der Waals surface area contributed by atoms with E-state index in [-0.39, 0.29) is 6.42 Å². The molecule has 22 heavy (non-hydrogen) atoms. The van der Waals surface area contributed by atoms with Crippen molar-refractivity contribution in [2.45, 2.75) is 55.4 Å². The van der Waals surface area contributed by atoms with E-state index in [1.165, 1.54) is 0 Å². The van der Waals surface area contributed by atoms with Crippen LogP contribution in [0.4, 0.5) is 0 Å². The number of aliphatic hydroxyl groups is 6. The summed E-state index contributed by atoms with van der Waals surface area (Å²) in [6.07, 6.45) is -9.77. The molecular formula is C12H23NO9. The number of carbonyl (C=O) groups excluding carboxylic acids is 1. The highest BCUT2D eigenvalue weighted by Gasteiger charge is 2.45. The van der Waals surface area contributed by atoms with Crippen molar-refractivity contribution in [1.82, 2.24) is 0 Å². The molecule has 0 bridgehead atoms. The molecule has 0 aromatic rings. The van der Waals surface area contributed by atoms with Gasteiger partial charge in [-0.15, -0.1) is 0 Å². The van der Waals surface area contributed by atoms with Gasteiger partial charge in [-0.2, -0.15) is 0 Å². The number of aldehydes is 1. The first-order valence-corrected chi connectivity index (χ1v) is 6.81. The molecule has 8 N–H and O–H groups in total. The van der Waals surface area contributed by atoms with Crippen molar-refractivity contribution in [3.8, 4) is 0 Å². The minimum absolute atomic E-state index is 0.363. The quantitative estimate of drug-likeness (QED) is 0.214. The third-order valence-electron chi connectivity index (χ3n) is 3.50. The maximum absolute atomic E-state index is 10.5. The summed E-state index contributed by atoms with van der Waals surface area (Å²) in [6, 6.07) is -1.23. The zero-order valence-electron chi connectivity index (χ0n) is 11.8. The van der Waals surface area contributed by atoms with Crippen LogP contribution in [0.5, 0.6) is 0 Å². The summed E-state index contributed by atoms with van der Waals surface area (Å²) < 4.78 is 10.5. The van der Waals surface area contributed by atoms with Gasteiger partial charge in [0.25, 0.3) is 0 Å². The number of rotatable bonds is 8. The van der Waals surface area contributed by atoms with Gasteiger partial charge in [-0.25, -0.2) is 0 Å². The predicted molar refractivity (Wildman–Crippen MR) is 70.4 cm³/mol. The normalized spacial score (nSPS) is 36.6. The Morgan fingerprint density at radius 2 is 1.82 bits per heavy atom. The molecule has 0 aromatic heterocycles. The largest absolute Gasteiger partial charge is 0.394 e. The van der Waals surface area contributed by atoms with E-state index in [9.17, 15) is 25.2 Å². The molecule has 10 nitrogen and oxygen atoms in total. The molecule has 8 atom stereocenters. The minimum atomic E-state index is -1.53. The fourth-order valence-electron chi connectivity index (χ4n) is 2.16. The maximum atomic E-state index is 10.5. The van der Waals surface area contributed by atoms with Crippen molar-refractivity contribution < 1.29 is 44.9 Å². The fraction of sp³-hybridized carbons (Fsp3) is 0.917. The summed E-state index contributed by atoms with van der Waals surface area (Å²) in [5.41, 5.74) is 5.66. The van der Waals surface area contributed by atoms with Crippen LogP contribution in [0.25, 0.3) is 0 Å². The predicted octanol–water partition coefficient (Wildman–Crippen LogP) is -4.56. The lowest BCUT2D eigenvalue weighted by Crippen LogP contribution is -2.64. The molecular weight excluding hydrogens is 302 g/mol. The van der Waals surface area contributed by atoms with Gasteiger partial charge >= 0.3 is 0 Å². The van der Waals surface area contributed by atoms with E-state index in [0.29, 0.717) is 6.29 Å². The van der Waals surface area contributed by atoms with Gasteiger partial charge in [0.05, 0.1) is 25.4 Å². The van der Waals surface area contributed by atoms with Crippen molar-refractivity contribution in [3.63, 3.8) is 0 Å². The van der Waals surface area contributed by atoms with Crippen LogP contribution in [-0.2, 0) is 14.3 Å². The van der Waals surface area contributed by atoms with Gasteiger partial charge in [0.1, 0.15) is 36.8 Å². The van der Waals surface area contributed by atoms with Crippen LogP contribution < -0.4 is 5.73 Å². The number of hydrogen-bond acceptors (Lipinski definition) is 10. The molecule has 0 aromatic carbocycles. The first-order valence-electron chi connectivity index (χ1n) is 6.81. The summed E-state index contributed by atoms with van der Waals surface area (Å²) in [5.74, 6) is 0. The lowest BCUT2D eigenvalue weighted by atomic mass is 9.97. The Morgan fingerprint density at radius 3 is 2.32 bits per heavy atom. The average molecular weight is 325 g/mol. The Kier molecular flexibility index (Phi) is 7.76. The van der Waals surface area contributed by atoms with E-state index in [1.807, 2.05) is 0 Å². The van der Waals surface area contributed by atoms with E-state index in [4.69, 9.17) is 25.4 Å². The number of nitrogens with two attached hydrogens (primary N) is 1. The highest BCUT2D eigenvalue weighted by molar-refractivity contribution is 5.50. The van der Waals surface area contributed by atoms with E-state index >= 15 is 0 Å². The van der Waals surface area contributed by atoms with Crippen molar-refractivity contribution in [3.05, 3.63) is 0 Å². The van der Waals surface area contributed by atoms with Crippen LogP contribution in [0.1, 0.15) is 6.42 Å². The van der Waals surface area contributed by atoms with Crippen LogP contribution in [0.3, 0.4) is 0 Å². The first-order chi connectivity index (χ1) is 10.4. The second-order valence-electron chi connectivity index (χ2n) is 5.10. The fourth-order valence-corrected chi connectivity index (χ4v) is 2.16. The molecule has 0 unspecified atom stereocenters. The van der Waals surface area contributed by atoms with Crippen LogP contribution in [0.2, 0.25) is 0 Å². The van der Waals surface area contributed by atoms with Gasteiger partial charge in [-0.3, -0.25) is 0 Å². The summed E-state index contributed by atoms with van der Waals surface area (Å²) in [7, 11) is 0. The molecule has 0 radical (unpaired) electrons. The molecule has 10 heteroatoms. The van der Waals surface area contributed by atoms with E-state index in [2.05, 4.69) is 0 Å². The Bertz CT molecular complexity index is 343. The third-order valence-corrected chi connectivity index (χ3v) is 3.50.